The minimum atomic E-state index is -0.461. The number of hydrogen-bond donors (Lipinski definition) is 2. The highest BCUT2D eigenvalue weighted by molar-refractivity contribution is 7.09. The molecule has 2 unspecified atom stereocenters. The van der Waals surface area contributed by atoms with Crippen molar-refractivity contribution in [1.82, 2.24) is 10.3 Å². The minimum Gasteiger partial charge on any atom is -0.389 e. The zero-order chi connectivity index (χ0) is 11.3. The predicted molar refractivity (Wildman–Crippen MR) is 61.2 cm³/mol. The predicted octanol–water partition coefficient (Wildman–Crippen LogP) is 1.11. The van der Waals surface area contributed by atoms with E-state index >= 15 is 0 Å². The van der Waals surface area contributed by atoms with Crippen molar-refractivity contribution in [2.75, 3.05) is 20.3 Å². The summed E-state index contributed by atoms with van der Waals surface area (Å²) >= 11 is 1.64. The minimum absolute atomic E-state index is 0.168. The number of nitrogens with zero attached hydrogens (tertiary/aromatic N) is 1. The Bertz CT molecular complexity index is 291. The third kappa shape index (κ3) is 4.25. The van der Waals surface area contributed by atoms with Gasteiger partial charge in [0.2, 0.25) is 0 Å². The first kappa shape index (κ1) is 12.6. The molecular formula is C10H18N2O2S. The van der Waals surface area contributed by atoms with Crippen LogP contribution in [0.4, 0.5) is 0 Å². The van der Waals surface area contributed by atoms with Gasteiger partial charge in [0.1, 0.15) is 0 Å². The van der Waals surface area contributed by atoms with Crippen molar-refractivity contribution in [2.45, 2.75) is 26.0 Å². The largest absolute Gasteiger partial charge is 0.389 e. The highest BCUT2D eigenvalue weighted by Gasteiger charge is 2.10. The highest BCUT2D eigenvalue weighted by Crippen LogP contribution is 2.15. The van der Waals surface area contributed by atoms with E-state index in [1.165, 1.54) is 0 Å². The summed E-state index contributed by atoms with van der Waals surface area (Å²) in [5.74, 6) is 0. The van der Waals surface area contributed by atoms with Crippen molar-refractivity contribution < 1.29 is 9.84 Å². The third-order valence-electron chi connectivity index (χ3n) is 2.10. The molecule has 0 aliphatic rings. The number of rotatable bonds is 6. The van der Waals surface area contributed by atoms with E-state index in [4.69, 9.17) is 4.74 Å². The van der Waals surface area contributed by atoms with Crippen molar-refractivity contribution in [3.63, 3.8) is 0 Å². The molecule has 2 N–H and O–H groups in total. The first-order valence-corrected chi connectivity index (χ1v) is 5.84. The number of hydrogen-bond acceptors (Lipinski definition) is 5. The molecule has 0 aliphatic carbocycles. The van der Waals surface area contributed by atoms with Gasteiger partial charge in [-0.25, -0.2) is 4.98 Å². The van der Waals surface area contributed by atoms with Crippen LogP contribution in [0.15, 0.2) is 5.38 Å². The van der Waals surface area contributed by atoms with Gasteiger partial charge in [-0.1, -0.05) is 0 Å². The SMILES string of the molecule is COCC(O)CNC(C)c1csc(C)n1. The Balaban J connectivity index is 2.33. The number of ether oxygens (including phenoxy) is 1. The molecule has 0 radical (unpaired) electrons. The van der Waals surface area contributed by atoms with E-state index in [1.807, 2.05) is 19.2 Å². The molecule has 1 aromatic rings. The summed E-state index contributed by atoms with van der Waals surface area (Å²) in [4.78, 5) is 4.38. The topological polar surface area (TPSA) is 54.4 Å². The first-order chi connectivity index (χ1) is 7.13. The Morgan fingerprint density at radius 3 is 2.93 bits per heavy atom. The van der Waals surface area contributed by atoms with Crippen molar-refractivity contribution in [3.05, 3.63) is 16.1 Å². The van der Waals surface area contributed by atoms with Gasteiger partial charge in [0.25, 0.3) is 0 Å². The lowest BCUT2D eigenvalue weighted by molar-refractivity contribution is 0.0630. The van der Waals surface area contributed by atoms with Gasteiger partial charge in [-0.2, -0.15) is 0 Å². The number of aliphatic hydroxyl groups excluding tert-OH is 1. The smallest absolute Gasteiger partial charge is 0.0898 e. The summed E-state index contributed by atoms with van der Waals surface area (Å²) in [7, 11) is 1.58. The van der Waals surface area contributed by atoms with Crippen LogP contribution in [0.2, 0.25) is 0 Å². The van der Waals surface area contributed by atoms with Gasteiger partial charge in [-0.05, 0) is 13.8 Å². The number of aromatic nitrogens is 1. The molecule has 0 bridgehead atoms. The van der Waals surface area contributed by atoms with Gasteiger partial charge in [0.15, 0.2) is 0 Å². The maximum absolute atomic E-state index is 9.44. The van der Waals surface area contributed by atoms with Crippen LogP contribution >= 0.6 is 11.3 Å². The lowest BCUT2D eigenvalue weighted by atomic mass is 10.2. The van der Waals surface area contributed by atoms with E-state index in [-0.39, 0.29) is 6.04 Å². The van der Waals surface area contributed by atoms with Crippen LogP contribution in [0.1, 0.15) is 23.7 Å². The molecule has 1 heterocycles. The maximum atomic E-state index is 9.44. The molecule has 2 atom stereocenters. The van der Waals surface area contributed by atoms with Crippen LogP contribution in [-0.4, -0.2) is 36.5 Å². The van der Waals surface area contributed by atoms with Gasteiger partial charge < -0.3 is 15.2 Å². The maximum Gasteiger partial charge on any atom is 0.0898 e. The zero-order valence-electron chi connectivity index (χ0n) is 9.36. The zero-order valence-corrected chi connectivity index (χ0v) is 10.2. The summed E-state index contributed by atoms with van der Waals surface area (Å²) in [5, 5.41) is 15.8. The monoisotopic (exact) mass is 230 g/mol. The Labute approximate surface area is 94.3 Å². The summed E-state index contributed by atoms with van der Waals surface area (Å²) < 4.78 is 4.84. The van der Waals surface area contributed by atoms with E-state index in [0.29, 0.717) is 13.2 Å². The second-order valence-electron chi connectivity index (χ2n) is 3.53. The summed E-state index contributed by atoms with van der Waals surface area (Å²) in [6.07, 6.45) is -0.461. The Kier molecular flexibility index (Phi) is 5.17. The van der Waals surface area contributed by atoms with Gasteiger partial charge >= 0.3 is 0 Å². The van der Waals surface area contributed by atoms with E-state index in [1.54, 1.807) is 18.4 Å². The molecule has 0 aromatic carbocycles. The Morgan fingerprint density at radius 2 is 2.40 bits per heavy atom. The molecular weight excluding hydrogens is 212 g/mol. The molecule has 0 spiro atoms. The number of nitrogens with one attached hydrogen (secondary N) is 1. The van der Waals surface area contributed by atoms with Crippen LogP contribution in [0.25, 0.3) is 0 Å². The van der Waals surface area contributed by atoms with Crippen molar-refractivity contribution in [3.8, 4) is 0 Å². The number of aliphatic hydroxyl groups is 1. The molecule has 4 nitrogen and oxygen atoms in total. The molecule has 1 rings (SSSR count). The second kappa shape index (κ2) is 6.17. The van der Waals surface area contributed by atoms with Gasteiger partial charge in [0.05, 0.1) is 23.4 Å². The van der Waals surface area contributed by atoms with Crippen LogP contribution in [0, 0.1) is 6.92 Å². The normalized spacial score (nSPS) is 15.2. The van der Waals surface area contributed by atoms with E-state index in [0.717, 1.165) is 10.7 Å². The molecule has 0 saturated carbocycles. The Morgan fingerprint density at radius 1 is 1.67 bits per heavy atom. The molecule has 86 valence electrons. The third-order valence-corrected chi connectivity index (χ3v) is 2.89. The first-order valence-electron chi connectivity index (χ1n) is 4.96. The highest BCUT2D eigenvalue weighted by atomic mass is 32.1. The van der Waals surface area contributed by atoms with Crippen LogP contribution < -0.4 is 5.32 Å². The second-order valence-corrected chi connectivity index (χ2v) is 4.59. The van der Waals surface area contributed by atoms with Crippen molar-refractivity contribution in [2.24, 2.45) is 0 Å². The fraction of sp³-hybridized carbons (Fsp3) is 0.700. The molecule has 0 fully saturated rings. The lowest BCUT2D eigenvalue weighted by Crippen LogP contribution is -2.31. The molecule has 0 aliphatic heterocycles. The van der Waals surface area contributed by atoms with Crippen LogP contribution in [-0.2, 0) is 4.74 Å². The van der Waals surface area contributed by atoms with E-state index in [9.17, 15) is 5.11 Å². The number of thiazole rings is 1. The molecule has 0 saturated heterocycles. The fourth-order valence-corrected chi connectivity index (χ4v) is 1.95. The summed E-state index contributed by atoms with van der Waals surface area (Å²) in [6, 6.07) is 0.168. The van der Waals surface area contributed by atoms with E-state index in [2.05, 4.69) is 10.3 Å². The molecule has 0 amide bonds. The lowest BCUT2D eigenvalue weighted by Gasteiger charge is -2.14. The molecule has 5 heteroatoms. The van der Waals surface area contributed by atoms with Crippen LogP contribution in [0.3, 0.4) is 0 Å². The average molecular weight is 230 g/mol. The summed E-state index contributed by atoms with van der Waals surface area (Å²) in [5.41, 5.74) is 1.03. The van der Waals surface area contributed by atoms with Crippen molar-refractivity contribution >= 4 is 11.3 Å². The molecule has 1 aromatic heterocycles. The van der Waals surface area contributed by atoms with E-state index < -0.39 is 6.10 Å². The van der Waals surface area contributed by atoms with Crippen molar-refractivity contribution in [1.29, 1.82) is 0 Å². The fourth-order valence-electron chi connectivity index (χ4n) is 1.25. The average Bonchev–Trinajstić information content (AvgIpc) is 2.62. The quantitative estimate of drug-likeness (QED) is 0.768. The standard InChI is InChI=1S/C10H18N2O2S/c1-7(10-6-15-8(2)12-10)11-4-9(13)5-14-3/h6-7,9,11,13H,4-5H2,1-3H3. The summed E-state index contributed by atoms with van der Waals surface area (Å²) in [6.45, 7) is 4.90. The van der Waals surface area contributed by atoms with Gasteiger partial charge in [-0.15, -0.1) is 11.3 Å². The number of aryl methyl sites for hydroxylation is 1. The molecule has 15 heavy (non-hydrogen) atoms. The number of methoxy groups -OCH3 is 1. The van der Waals surface area contributed by atoms with Crippen LogP contribution in [0.5, 0.6) is 0 Å². The Hall–Kier alpha value is -0.490. The van der Waals surface area contributed by atoms with Gasteiger partial charge in [0, 0.05) is 25.1 Å². The van der Waals surface area contributed by atoms with Gasteiger partial charge in [-0.3, -0.25) is 0 Å².